The molecule has 1 aliphatic rings. The molecule has 94 valence electrons. The zero-order valence-electron chi connectivity index (χ0n) is 10.7. The molecule has 1 heterocycles. The molecular formula is C17H14O2. The average Bonchev–Trinajstić information content (AvgIpc) is 2.44. The highest BCUT2D eigenvalue weighted by Crippen LogP contribution is 2.37. The molecule has 0 saturated carbocycles. The maximum atomic E-state index is 12.3. The van der Waals surface area contributed by atoms with Crippen LogP contribution in [0.1, 0.15) is 27.6 Å². The molecule has 0 radical (unpaired) electrons. The third kappa shape index (κ3) is 1.95. The Morgan fingerprint density at radius 2 is 1.74 bits per heavy atom. The molecule has 1 unspecified atom stereocenters. The van der Waals surface area contributed by atoms with Gasteiger partial charge in [0.2, 0.25) is 0 Å². The normalized spacial score (nSPS) is 17.8. The Bertz CT molecular complexity index is 653. The number of Topliss-reactive ketones (excluding diaryl/α,β-unsaturated/α-hetero) is 1. The number of para-hydroxylation sites is 1. The van der Waals surface area contributed by atoms with Crippen molar-refractivity contribution in [3.8, 4) is 5.75 Å². The van der Waals surface area contributed by atoms with Crippen molar-refractivity contribution in [1.82, 2.24) is 0 Å². The number of ether oxygens (including phenoxy) is 1. The third-order valence-electron chi connectivity index (χ3n) is 3.36. The molecule has 0 spiro atoms. The second-order valence-corrected chi connectivity index (χ2v) is 4.76. The summed E-state index contributed by atoms with van der Waals surface area (Å²) in [5, 5.41) is 0. The molecule has 0 bridgehead atoms. The van der Waals surface area contributed by atoms with Crippen molar-refractivity contribution in [3.63, 3.8) is 0 Å². The van der Waals surface area contributed by atoms with Crippen LogP contribution in [0.4, 0.5) is 0 Å². The van der Waals surface area contributed by atoms with Gasteiger partial charge >= 0.3 is 0 Å². The standard InChI is InChI=1S/C17H14O2/c1-11-7-9-13(10-8-11)17-12(2)16(18)14-5-3-4-6-15(14)19-17/h3-10,17H,2H2,1H3. The Balaban J connectivity index is 2.04. The van der Waals surface area contributed by atoms with Crippen LogP contribution in [-0.2, 0) is 0 Å². The van der Waals surface area contributed by atoms with Crippen molar-refractivity contribution in [2.24, 2.45) is 0 Å². The van der Waals surface area contributed by atoms with Crippen LogP contribution in [0.15, 0.2) is 60.7 Å². The highest BCUT2D eigenvalue weighted by Gasteiger charge is 2.30. The van der Waals surface area contributed by atoms with Crippen molar-refractivity contribution in [2.75, 3.05) is 0 Å². The van der Waals surface area contributed by atoms with Gasteiger partial charge in [-0.1, -0.05) is 48.5 Å². The minimum absolute atomic E-state index is 0.0348. The van der Waals surface area contributed by atoms with Gasteiger partial charge < -0.3 is 4.74 Å². The molecule has 2 heteroatoms. The van der Waals surface area contributed by atoms with Gasteiger partial charge in [0.25, 0.3) is 0 Å². The summed E-state index contributed by atoms with van der Waals surface area (Å²) in [7, 11) is 0. The molecule has 1 aliphatic heterocycles. The summed E-state index contributed by atoms with van der Waals surface area (Å²) in [6.45, 7) is 5.93. The van der Waals surface area contributed by atoms with Crippen molar-refractivity contribution >= 4 is 5.78 Å². The molecule has 3 rings (SSSR count). The van der Waals surface area contributed by atoms with E-state index in [9.17, 15) is 4.79 Å². The Morgan fingerprint density at radius 1 is 1.05 bits per heavy atom. The molecule has 0 amide bonds. The fraction of sp³-hybridized carbons (Fsp3) is 0.118. The van der Waals surface area contributed by atoms with E-state index in [1.54, 1.807) is 6.07 Å². The lowest BCUT2D eigenvalue weighted by Gasteiger charge is -2.27. The second-order valence-electron chi connectivity index (χ2n) is 4.76. The minimum Gasteiger partial charge on any atom is -0.480 e. The Morgan fingerprint density at radius 3 is 2.47 bits per heavy atom. The Labute approximate surface area is 112 Å². The van der Waals surface area contributed by atoms with Gasteiger partial charge in [-0.2, -0.15) is 0 Å². The largest absolute Gasteiger partial charge is 0.480 e. The molecule has 0 fully saturated rings. The Kier molecular flexibility index (Phi) is 2.71. The average molecular weight is 250 g/mol. The summed E-state index contributed by atoms with van der Waals surface area (Å²) in [5.74, 6) is 0.595. The Hall–Kier alpha value is -2.35. The van der Waals surface area contributed by atoms with Gasteiger partial charge in [-0.15, -0.1) is 0 Å². The van der Waals surface area contributed by atoms with Gasteiger partial charge in [-0.25, -0.2) is 0 Å². The number of ketones is 1. The van der Waals surface area contributed by atoms with E-state index in [2.05, 4.69) is 6.58 Å². The lowest BCUT2D eigenvalue weighted by atomic mass is 9.92. The number of aryl methyl sites for hydroxylation is 1. The van der Waals surface area contributed by atoms with E-state index < -0.39 is 0 Å². The SMILES string of the molecule is C=C1C(=O)c2ccccc2OC1c1ccc(C)cc1. The number of hydrogen-bond acceptors (Lipinski definition) is 2. The summed E-state index contributed by atoms with van der Waals surface area (Å²) in [5.41, 5.74) is 3.22. The smallest absolute Gasteiger partial charge is 0.196 e. The number of rotatable bonds is 1. The first-order chi connectivity index (χ1) is 9.16. The maximum absolute atomic E-state index is 12.3. The molecule has 2 aromatic rings. The monoisotopic (exact) mass is 250 g/mol. The zero-order chi connectivity index (χ0) is 13.4. The van der Waals surface area contributed by atoms with Crippen molar-refractivity contribution in [2.45, 2.75) is 13.0 Å². The van der Waals surface area contributed by atoms with Crippen LogP contribution in [0.2, 0.25) is 0 Å². The van der Waals surface area contributed by atoms with Crippen LogP contribution in [0.3, 0.4) is 0 Å². The summed E-state index contributed by atoms with van der Waals surface area (Å²) in [4.78, 5) is 12.3. The predicted octanol–water partition coefficient (Wildman–Crippen LogP) is 3.87. The number of carbonyl (C=O) groups excluding carboxylic acids is 1. The zero-order valence-corrected chi connectivity index (χ0v) is 10.7. The van der Waals surface area contributed by atoms with Crippen LogP contribution >= 0.6 is 0 Å². The second kappa shape index (κ2) is 4.39. The predicted molar refractivity (Wildman–Crippen MR) is 74.5 cm³/mol. The van der Waals surface area contributed by atoms with Crippen LogP contribution in [0.25, 0.3) is 0 Å². The summed E-state index contributed by atoms with van der Waals surface area (Å²) in [6, 6.07) is 15.3. The van der Waals surface area contributed by atoms with Gasteiger partial charge in [0.15, 0.2) is 11.9 Å². The van der Waals surface area contributed by atoms with Crippen LogP contribution in [0.5, 0.6) is 5.75 Å². The highest BCUT2D eigenvalue weighted by atomic mass is 16.5. The fourth-order valence-corrected chi connectivity index (χ4v) is 2.26. The summed E-state index contributed by atoms with van der Waals surface area (Å²) < 4.78 is 5.92. The van der Waals surface area contributed by atoms with E-state index in [0.29, 0.717) is 16.9 Å². The van der Waals surface area contributed by atoms with E-state index in [0.717, 1.165) is 5.56 Å². The van der Waals surface area contributed by atoms with Crippen molar-refractivity contribution in [3.05, 3.63) is 77.4 Å². The fourth-order valence-electron chi connectivity index (χ4n) is 2.26. The minimum atomic E-state index is -0.386. The van der Waals surface area contributed by atoms with Gasteiger partial charge in [0.05, 0.1) is 5.56 Å². The third-order valence-corrected chi connectivity index (χ3v) is 3.36. The number of fused-ring (bicyclic) bond motifs is 1. The molecule has 0 saturated heterocycles. The first-order valence-corrected chi connectivity index (χ1v) is 6.22. The molecule has 2 aromatic carbocycles. The van der Waals surface area contributed by atoms with Gasteiger partial charge in [0, 0.05) is 5.57 Å². The van der Waals surface area contributed by atoms with Gasteiger partial charge in [-0.3, -0.25) is 4.79 Å². The topological polar surface area (TPSA) is 26.3 Å². The maximum Gasteiger partial charge on any atom is 0.196 e. The first-order valence-electron chi connectivity index (χ1n) is 6.22. The molecule has 2 nitrogen and oxygen atoms in total. The summed E-state index contributed by atoms with van der Waals surface area (Å²) >= 11 is 0. The van der Waals surface area contributed by atoms with Gasteiger partial charge in [-0.05, 0) is 24.6 Å². The first kappa shape index (κ1) is 11.7. The van der Waals surface area contributed by atoms with E-state index in [1.165, 1.54) is 5.56 Å². The van der Waals surface area contributed by atoms with Crippen LogP contribution < -0.4 is 4.74 Å². The molecular weight excluding hydrogens is 236 g/mol. The van der Waals surface area contributed by atoms with Crippen molar-refractivity contribution in [1.29, 1.82) is 0 Å². The molecule has 19 heavy (non-hydrogen) atoms. The molecule has 0 aromatic heterocycles. The van der Waals surface area contributed by atoms with E-state index in [1.807, 2.05) is 49.4 Å². The van der Waals surface area contributed by atoms with E-state index >= 15 is 0 Å². The lowest BCUT2D eigenvalue weighted by Crippen LogP contribution is -2.23. The van der Waals surface area contributed by atoms with E-state index in [-0.39, 0.29) is 11.9 Å². The number of benzene rings is 2. The van der Waals surface area contributed by atoms with Crippen molar-refractivity contribution < 1.29 is 9.53 Å². The quantitative estimate of drug-likeness (QED) is 0.718. The summed E-state index contributed by atoms with van der Waals surface area (Å²) in [6.07, 6.45) is -0.386. The van der Waals surface area contributed by atoms with Crippen LogP contribution in [0, 0.1) is 6.92 Å². The van der Waals surface area contributed by atoms with Crippen LogP contribution in [-0.4, -0.2) is 5.78 Å². The number of carbonyl (C=O) groups is 1. The molecule has 1 atom stereocenters. The van der Waals surface area contributed by atoms with E-state index in [4.69, 9.17) is 4.74 Å². The molecule has 0 N–H and O–H groups in total. The highest BCUT2D eigenvalue weighted by molar-refractivity contribution is 6.11. The lowest BCUT2D eigenvalue weighted by molar-refractivity contribution is 0.0962. The van der Waals surface area contributed by atoms with Gasteiger partial charge in [0.1, 0.15) is 5.75 Å². The number of hydrogen-bond donors (Lipinski definition) is 0. The molecule has 0 aliphatic carbocycles.